The van der Waals surface area contributed by atoms with Crippen molar-refractivity contribution in [1.29, 1.82) is 0 Å². The van der Waals surface area contributed by atoms with E-state index in [9.17, 15) is 18.0 Å². The number of nitrogens with zero attached hydrogens (tertiary/aromatic N) is 3. The Kier molecular flexibility index (Phi) is 7.60. The molecular weight excluding hydrogens is 466 g/mol. The molecule has 11 heteroatoms. The second-order valence-corrected chi connectivity index (χ2v) is 9.98. The lowest BCUT2D eigenvalue weighted by molar-refractivity contribution is -0.119. The van der Waals surface area contributed by atoms with E-state index in [1.165, 1.54) is 4.90 Å². The predicted molar refractivity (Wildman–Crippen MR) is 130 cm³/mol. The zero-order valence-corrected chi connectivity index (χ0v) is 20.2. The van der Waals surface area contributed by atoms with Gasteiger partial charge < -0.3 is 20.4 Å². The molecule has 1 aliphatic rings. The lowest BCUT2D eigenvalue weighted by Gasteiger charge is -2.24. The van der Waals surface area contributed by atoms with Crippen LogP contribution in [0.1, 0.15) is 18.4 Å². The van der Waals surface area contributed by atoms with Crippen molar-refractivity contribution in [2.75, 3.05) is 37.5 Å². The Morgan fingerprint density at radius 2 is 1.61 bits per heavy atom. The van der Waals surface area contributed by atoms with Crippen LogP contribution < -0.4 is 10.6 Å². The molecule has 1 aliphatic heterocycles. The van der Waals surface area contributed by atoms with E-state index in [1.54, 1.807) is 67.5 Å². The first kappa shape index (κ1) is 24.5. The minimum absolute atomic E-state index is 0.288. The Hall–Kier alpha value is -3.11. The van der Waals surface area contributed by atoms with E-state index in [2.05, 4.69) is 15.0 Å². The van der Waals surface area contributed by atoms with Crippen molar-refractivity contribution < 1.29 is 18.0 Å². The molecule has 1 saturated heterocycles. The van der Waals surface area contributed by atoms with Crippen LogP contribution in [0.5, 0.6) is 0 Å². The van der Waals surface area contributed by atoms with Gasteiger partial charge in [-0.25, -0.2) is 13.2 Å². The number of amides is 3. The average Bonchev–Trinajstić information content (AvgIpc) is 3.24. The number of carbonyl (C=O) groups excluding carboxylic acids is 2. The second-order valence-electron chi connectivity index (χ2n) is 7.90. The fraction of sp³-hybridized carbons (Fsp3) is 0.318. The summed E-state index contributed by atoms with van der Waals surface area (Å²) in [6, 6.07) is 12.5. The van der Waals surface area contributed by atoms with Gasteiger partial charge in [0, 0.05) is 42.6 Å². The molecule has 33 heavy (non-hydrogen) atoms. The molecule has 0 aromatic heterocycles. The summed E-state index contributed by atoms with van der Waals surface area (Å²) in [5.41, 5.74) is 1.72. The average molecular weight is 492 g/mol. The number of benzene rings is 2. The van der Waals surface area contributed by atoms with Crippen LogP contribution in [0.15, 0.2) is 52.9 Å². The minimum Gasteiger partial charge on any atom is -0.362 e. The highest BCUT2D eigenvalue weighted by Crippen LogP contribution is 2.22. The highest BCUT2D eigenvalue weighted by Gasteiger charge is 2.34. The summed E-state index contributed by atoms with van der Waals surface area (Å²) in [5.74, 6) is 0.000331. The summed E-state index contributed by atoms with van der Waals surface area (Å²) in [5, 5.41) is 6.19. The van der Waals surface area contributed by atoms with Crippen molar-refractivity contribution in [3.8, 4) is 0 Å². The molecular formula is C22H26ClN5O4S. The van der Waals surface area contributed by atoms with Crippen LogP contribution in [-0.2, 0) is 14.8 Å². The summed E-state index contributed by atoms with van der Waals surface area (Å²) in [6.45, 7) is 0.477. The molecule has 1 atom stereocenters. The molecule has 0 aliphatic carbocycles. The molecule has 2 aromatic carbocycles. The van der Waals surface area contributed by atoms with Gasteiger partial charge in [-0.1, -0.05) is 11.6 Å². The second kappa shape index (κ2) is 10.2. The molecule has 0 saturated carbocycles. The van der Waals surface area contributed by atoms with Crippen LogP contribution in [0.25, 0.3) is 0 Å². The van der Waals surface area contributed by atoms with Crippen molar-refractivity contribution in [3.63, 3.8) is 0 Å². The van der Waals surface area contributed by atoms with Gasteiger partial charge in [-0.2, -0.15) is 0 Å². The fourth-order valence-corrected chi connectivity index (χ4v) is 4.20. The quantitative estimate of drug-likeness (QED) is 0.492. The number of amidine groups is 1. The lowest BCUT2D eigenvalue weighted by Crippen LogP contribution is -2.45. The Bertz CT molecular complexity index is 1150. The molecule has 3 rings (SSSR count). The van der Waals surface area contributed by atoms with E-state index in [0.717, 1.165) is 12.7 Å². The maximum Gasteiger partial charge on any atom is 0.322 e. The third-order valence-electron chi connectivity index (χ3n) is 5.00. The first-order valence-corrected chi connectivity index (χ1v) is 12.5. The third kappa shape index (κ3) is 6.69. The maximum absolute atomic E-state index is 12.9. The fourth-order valence-electron chi connectivity index (χ4n) is 3.49. The van der Waals surface area contributed by atoms with Crippen molar-refractivity contribution in [3.05, 3.63) is 59.1 Å². The maximum atomic E-state index is 12.9. The Morgan fingerprint density at radius 1 is 1.03 bits per heavy atom. The first-order valence-electron chi connectivity index (χ1n) is 10.3. The molecule has 0 spiro atoms. The summed E-state index contributed by atoms with van der Waals surface area (Å²) in [7, 11) is -0.173. The van der Waals surface area contributed by atoms with E-state index in [-0.39, 0.29) is 17.8 Å². The van der Waals surface area contributed by atoms with E-state index in [1.807, 2.05) is 0 Å². The van der Waals surface area contributed by atoms with E-state index >= 15 is 0 Å². The Labute approximate surface area is 198 Å². The highest BCUT2D eigenvalue weighted by molar-refractivity contribution is 7.89. The van der Waals surface area contributed by atoms with Crippen LogP contribution in [-0.4, -0.2) is 68.9 Å². The standard InChI is InChI=1S/C22H26ClN5O4S/c1-27(2)20(26-33(3,31)32)15-6-10-17(11-7-15)24-21(29)19-5-4-14-28(19)22(30)25-18-12-8-16(23)9-13-18/h6-13,19H,4-5,14H2,1-3H3,(H,24,29)(H,25,30). The summed E-state index contributed by atoms with van der Waals surface area (Å²) >= 11 is 5.88. The van der Waals surface area contributed by atoms with E-state index in [0.29, 0.717) is 34.9 Å². The molecule has 1 unspecified atom stereocenters. The number of sulfonamides is 1. The number of nitrogens with one attached hydrogen (secondary N) is 2. The third-order valence-corrected chi connectivity index (χ3v) is 5.75. The first-order chi connectivity index (χ1) is 15.5. The van der Waals surface area contributed by atoms with Gasteiger partial charge >= 0.3 is 6.03 Å². The number of anilines is 2. The molecule has 3 amide bonds. The van der Waals surface area contributed by atoms with Gasteiger partial charge in [-0.05, 0) is 61.4 Å². The molecule has 1 fully saturated rings. The zero-order valence-electron chi connectivity index (χ0n) is 18.6. The minimum atomic E-state index is -3.57. The summed E-state index contributed by atoms with van der Waals surface area (Å²) in [4.78, 5) is 28.7. The molecule has 2 N–H and O–H groups in total. The normalized spacial score (nSPS) is 16.4. The zero-order chi connectivity index (χ0) is 24.2. The largest absolute Gasteiger partial charge is 0.362 e. The van der Waals surface area contributed by atoms with Crippen molar-refractivity contribution in [1.82, 2.24) is 9.80 Å². The van der Waals surface area contributed by atoms with Crippen LogP contribution in [0, 0.1) is 0 Å². The number of likely N-dealkylation sites (tertiary alicyclic amines) is 1. The van der Waals surface area contributed by atoms with Crippen LogP contribution in [0.2, 0.25) is 5.02 Å². The Morgan fingerprint density at radius 3 is 2.18 bits per heavy atom. The molecule has 0 radical (unpaired) electrons. The Balaban J connectivity index is 1.68. The number of rotatable bonds is 5. The van der Waals surface area contributed by atoms with Crippen LogP contribution in [0.3, 0.4) is 0 Å². The number of carbonyl (C=O) groups is 2. The van der Waals surface area contributed by atoms with Crippen molar-refractivity contribution >= 4 is 50.8 Å². The predicted octanol–water partition coefficient (Wildman–Crippen LogP) is 3.24. The van der Waals surface area contributed by atoms with Crippen molar-refractivity contribution in [2.45, 2.75) is 18.9 Å². The molecule has 1 heterocycles. The summed E-state index contributed by atoms with van der Waals surface area (Å²) < 4.78 is 26.9. The topological polar surface area (TPSA) is 111 Å². The van der Waals surface area contributed by atoms with Crippen molar-refractivity contribution in [2.24, 2.45) is 4.40 Å². The van der Waals surface area contributed by atoms with Gasteiger partial charge in [0.15, 0.2) is 0 Å². The van der Waals surface area contributed by atoms with E-state index in [4.69, 9.17) is 11.6 Å². The number of urea groups is 1. The molecule has 0 bridgehead atoms. The van der Waals surface area contributed by atoms with Gasteiger partial charge in [-0.3, -0.25) is 4.79 Å². The van der Waals surface area contributed by atoms with Gasteiger partial charge in [0.1, 0.15) is 11.9 Å². The highest BCUT2D eigenvalue weighted by atomic mass is 35.5. The smallest absolute Gasteiger partial charge is 0.322 e. The lowest BCUT2D eigenvalue weighted by atomic mass is 10.1. The number of hydrogen-bond donors (Lipinski definition) is 2. The van der Waals surface area contributed by atoms with Gasteiger partial charge in [0.05, 0.1) is 6.26 Å². The molecule has 9 nitrogen and oxygen atoms in total. The van der Waals surface area contributed by atoms with Gasteiger partial charge in [-0.15, -0.1) is 4.40 Å². The number of halogens is 1. The SMILES string of the molecule is CN(C)C(=NS(C)(=O)=O)c1ccc(NC(=O)C2CCCN2C(=O)Nc2ccc(Cl)cc2)cc1. The molecule has 176 valence electrons. The van der Waals surface area contributed by atoms with Crippen LogP contribution >= 0.6 is 11.6 Å². The molecule has 2 aromatic rings. The van der Waals surface area contributed by atoms with Crippen LogP contribution in [0.4, 0.5) is 16.2 Å². The van der Waals surface area contributed by atoms with E-state index < -0.39 is 16.1 Å². The van der Waals surface area contributed by atoms with Gasteiger partial charge in [0.2, 0.25) is 5.91 Å². The summed E-state index contributed by atoms with van der Waals surface area (Å²) in [6.07, 6.45) is 2.31. The monoisotopic (exact) mass is 491 g/mol. The number of hydrogen-bond acceptors (Lipinski definition) is 4. The van der Waals surface area contributed by atoms with Gasteiger partial charge in [0.25, 0.3) is 10.0 Å².